The molecule has 0 spiro atoms. The number of carbonyl (C=O) groups excluding carboxylic acids is 1. The van der Waals surface area contributed by atoms with Gasteiger partial charge in [-0.1, -0.05) is 12.1 Å². The summed E-state index contributed by atoms with van der Waals surface area (Å²) in [6.45, 7) is 1.91. The summed E-state index contributed by atoms with van der Waals surface area (Å²) in [5.74, 6) is 0.990. The molecule has 9 heteroatoms. The minimum atomic E-state index is -3.50. The molecule has 0 aromatic heterocycles. The van der Waals surface area contributed by atoms with E-state index >= 15 is 0 Å². The third kappa shape index (κ3) is 5.96. The largest absolute Gasteiger partial charge is 0.497 e. The van der Waals surface area contributed by atoms with Crippen molar-refractivity contribution in [2.45, 2.75) is 16.3 Å². The van der Waals surface area contributed by atoms with Crippen molar-refractivity contribution in [3.8, 4) is 5.75 Å². The van der Waals surface area contributed by atoms with Crippen molar-refractivity contribution in [1.29, 1.82) is 0 Å². The van der Waals surface area contributed by atoms with Crippen LogP contribution in [0.15, 0.2) is 58.3 Å². The lowest BCUT2D eigenvalue weighted by Crippen LogP contribution is -2.40. The third-order valence-corrected chi connectivity index (χ3v) is 7.38. The van der Waals surface area contributed by atoms with Crippen molar-refractivity contribution >= 4 is 27.7 Å². The number of sulfonamides is 1. The van der Waals surface area contributed by atoms with Gasteiger partial charge in [-0.3, -0.25) is 4.79 Å². The fraction of sp³-hybridized carbons (Fsp3) is 0.350. The molecule has 156 valence electrons. The van der Waals surface area contributed by atoms with Gasteiger partial charge >= 0.3 is 0 Å². The van der Waals surface area contributed by atoms with Crippen LogP contribution in [0.4, 0.5) is 0 Å². The molecule has 1 saturated heterocycles. The third-order valence-electron chi connectivity index (χ3n) is 4.45. The second-order valence-corrected chi connectivity index (χ2v) is 9.39. The number of hydrogen-bond acceptors (Lipinski definition) is 6. The molecular weight excluding hydrogens is 412 g/mol. The Kier molecular flexibility index (Phi) is 7.54. The molecular formula is C20H24N2O5S2. The van der Waals surface area contributed by atoms with Crippen LogP contribution in [0.25, 0.3) is 0 Å². The van der Waals surface area contributed by atoms with E-state index < -0.39 is 10.0 Å². The quantitative estimate of drug-likeness (QED) is 0.638. The minimum absolute atomic E-state index is 0.0872. The molecule has 0 radical (unpaired) electrons. The molecule has 2 aromatic carbocycles. The van der Waals surface area contributed by atoms with Crippen molar-refractivity contribution in [3.63, 3.8) is 0 Å². The maximum atomic E-state index is 12.6. The Morgan fingerprint density at radius 1 is 1.10 bits per heavy atom. The van der Waals surface area contributed by atoms with Crippen LogP contribution in [0, 0.1) is 0 Å². The highest BCUT2D eigenvalue weighted by Gasteiger charge is 2.26. The normalized spacial score (nSPS) is 15.1. The highest BCUT2D eigenvalue weighted by molar-refractivity contribution is 8.00. The molecule has 0 unspecified atom stereocenters. The zero-order valence-corrected chi connectivity index (χ0v) is 17.8. The average Bonchev–Trinajstić information content (AvgIpc) is 2.77. The summed E-state index contributed by atoms with van der Waals surface area (Å²) >= 11 is 1.44. The van der Waals surface area contributed by atoms with Gasteiger partial charge in [0.1, 0.15) is 5.75 Å². The van der Waals surface area contributed by atoms with Crippen LogP contribution >= 0.6 is 11.8 Å². The Hall–Kier alpha value is -2.07. The lowest BCUT2D eigenvalue weighted by atomic mass is 10.2. The molecule has 0 bridgehead atoms. The lowest BCUT2D eigenvalue weighted by molar-refractivity contribution is -0.118. The van der Waals surface area contributed by atoms with E-state index in [1.54, 1.807) is 31.4 Å². The van der Waals surface area contributed by atoms with E-state index in [0.717, 1.165) is 16.2 Å². The fourth-order valence-electron chi connectivity index (χ4n) is 2.79. The zero-order chi connectivity index (χ0) is 20.7. The monoisotopic (exact) mass is 436 g/mol. The van der Waals surface area contributed by atoms with Gasteiger partial charge in [0.25, 0.3) is 0 Å². The molecule has 0 saturated carbocycles. The molecule has 1 fully saturated rings. The zero-order valence-electron chi connectivity index (χ0n) is 16.2. The predicted molar refractivity (Wildman–Crippen MR) is 112 cm³/mol. The number of methoxy groups -OCH3 is 1. The van der Waals surface area contributed by atoms with Gasteiger partial charge in [-0.05, 0) is 42.0 Å². The molecule has 0 aliphatic carbocycles. The Balaban J connectivity index is 1.48. The number of amides is 1. The van der Waals surface area contributed by atoms with Crippen LogP contribution in [-0.2, 0) is 26.1 Å². The van der Waals surface area contributed by atoms with Crippen LogP contribution in [0.2, 0.25) is 0 Å². The first kappa shape index (κ1) is 21.6. The highest BCUT2D eigenvalue weighted by Crippen LogP contribution is 2.21. The van der Waals surface area contributed by atoms with Gasteiger partial charge in [0.2, 0.25) is 15.9 Å². The first-order valence-corrected chi connectivity index (χ1v) is 11.6. The average molecular weight is 437 g/mol. The summed E-state index contributed by atoms with van der Waals surface area (Å²) in [5, 5.41) is 2.85. The summed E-state index contributed by atoms with van der Waals surface area (Å²) in [5.41, 5.74) is 0.841. The molecule has 29 heavy (non-hydrogen) atoms. The molecule has 1 amide bonds. The minimum Gasteiger partial charge on any atom is -0.497 e. The van der Waals surface area contributed by atoms with Gasteiger partial charge in [-0.2, -0.15) is 4.31 Å². The summed E-state index contributed by atoms with van der Waals surface area (Å²) in [6.07, 6.45) is 0. The number of morpholine rings is 1. The van der Waals surface area contributed by atoms with E-state index in [1.807, 2.05) is 24.3 Å². The molecule has 1 heterocycles. The number of rotatable bonds is 8. The molecule has 1 aliphatic rings. The van der Waals surface area contributed by atoms with Gasteiger partial charge < -0.3 is 14.8 Å². The number of benzene rings is 2. The maximum Gasteiger partial charge on any atom is 0.243 e. The summed E-state index contributed by atoms with van der Waals surface area (Å²) in [7, 11) is -1.89. The van der Waals surface area contributed by atoms with E-state index in [0.29, 0.717) is 38.6 Å². The second-order valence-electron chi connectivity index (χ2n) is 6.40. The molecule has 2 aromatic rings. The topological polar surface area (TPSA) is 84.9 Å². The molecule has 3 rings (SSSR count). The summed E-state index contributed by atoms with van der Waals surface area (Å²) in [4.78, 5) is 13.3. The van der Waals surface area contributed by atoms with E-state index in [1.165, 1.54) is 16.1 Å². The maximum absolute atomic E-state index is 12.6. The first-order valence-electron chi connectivity index (χ1n) is 9.19. The number of carbonyl (C=O) groups is 1. The van der Waals surface area contributed by atoms with Crippen LogP contribution in [0.5, 0.6) is 5.75 Å². The van der Waals surface area contributed by atoms with Crippen LogP contribution in [-0.4, -0.2) is 57.8 Å². The van der Waals surface area contributed by atoms with Crippen molar-refractivity contribution in [2.24, 2.45) is 0 Å². The van der Waals surface area contributed by atoms with Gasteiger partial charge in [0.05, 0.1) is 31.0 Å². The van der Waals surface area contributed by atoms with E-state index in [9.17, 15) is 13.2 Å². The second kappa shape index (κ2) is 10.1. The van der Waals surface area contributed by atoms with Crippen LogP contribution in [0.3, 0.4) is 0 Å². The number of thioether (sulfide) groups is 1. The fourth-order valence-corrected chi connectivity index (χ4v) is 4.92. The van der Waals surface area contributed by atoms with Gasteiger partial charge in [0.15, 0.2) is 0 Å². The van der Waals surface area contributed by atoms with Crippen LogP contribution in [0.1, 0.15) is 5.56 Å². The van der Waals surface area contributed by atoms with Crippen molar-refractivity contribution in [3.05, 3.63) is 54.1 Å². The SMILES string of the molecule is COc1ccc(SCC(=O)NCc2ccc(S(=O)(=O)N3CCOCC3)cc2)cc1. The van der Waals surface area contributed by atoms with Crippen molar-refractivity contribution < 1.29 is 22.7 Å². The Bertz CT molecular complexity index is 909. The van der Waals surface area contributed by atoms with Crippen molar-refractivity contribution in [2.75, 3.05) is 39.2 Å². The number of ether oxygens (including phenoxy) is 2. The predicted octanol–water partition coefficient (Wildman–Crippen LogP) is 2.12. The van der Waals surface area contributed by atoms with Gasteiger partial charge in [-0.25, -0.2) is 8.42 Å². The Morgan fingerprint density at radius 3 is 2.38 bits per heavy atom. The molecule has 1 N–H and O–H groups in total. The molecule has 0 atom stereocenters. The lowest BCUT2D eigenvalue weighted by Gasteiger charge is -2.26. The Morgan fingerprint density at radius 2 is 1.76 bits per heavy atom. The summed E-state index contributed by atoms with van der Waals surface area (Å²) in [6, 6.07) is 14.1. The van der Waals surface area contributed by atoms with Crippen molar-refractivity contribution in [1.82, 2.24) is 9.62 Å². The van der Waals surface area contributed by atoms with E-state index in [2.05, 4.69) is 5.32 Å². The number of nitrogens with one attached hydrogen (secondary N) is 1. The highest BCUT2D eigenvalue weighted by atomic mass is 32.2. The number of hydrogen-bond donors (Lipinski definition) is 1. The standard InChI is InChI=1S/C20H24N2O5S2/c1-26-17-4-6-18(7-5-17)28-15-20(23)21-14-16-2-8-19(9-3-16)29(24,25)22-10-12-27-13-11-22/h2-9H,10-15H2,1H3,(H,21,23). The molecule has 1 aliphatic heterocycles. The smallest absolute Gasteiger partial charge is 0.243 e. The van der Waals surface area contributed by atoms with E-state index in [4.69, 9.17) is 9.47 Å². The van der Waals surface area contributed by atoms with Gasteiger partial charge in [0, 0.05) is 24.5 Å². The summed E-state index contributed by atoms with van der Waals surface area (Å²) < 4.78 is 37.0. The van der Waals surface area contributed by atoms with Crippen LogP contribution < -0.4 is 10.1 Å². The molecule has 7 nitrogen and oxygen atoms in total. The first-order chi connectivity index (χ1) is 14.0. The number of nitrogens with zero attached hydrogens (tertiary/aromatic N) is 1. The van der Waals surface area contributed by atoms with Gasteiger partial charge in [-0.15, -0.1) is 11.8 Å². The van der Waals surface area contributed by atoms with E-state index in [-0.39, 0.29) is 10.8 Å². The Labute approximate surface area is 175 Å².